The largest absolute Gasteiger partial charge is 0.456 e. The van der Waals surface area contributed by atoms with Crippen molar-refractivity contribution in [3.8, 4) is 129 Å². The number of rotatable bonds is 13. The van der Waals surface area contributed by atoms with Crippen LogP contribution in [0.25, 0.3) is 194 Å². The fourth-order valence-electron chi connectivity index (χ4n) is 22.1. The minimum absolute atomic E-state index is 0.830. The summed E-state index contributed by atoms with van der Waals surface area (Å²) in [5, 5.41) is 15.1. The minimum Gasteiger partial charge on any atom is -0.456 e. The van der Waals surface area contributed by atoms with Crippen molar-refractivity contribution >= 4 is 135 Å². The van der Waals surface area contributed by atoms with Gasteiger partial charge in [0.25, 0.3) is 0 Å². The fourth-order valence-corrected chi connectivity index (χ4v) is 31.2. The molecule has 3 unspecified atom stereocenters. The molecule has 0 amide bonds. The van der Waals surface area contributed by atoms with Crippen molar-refractivity contribution in [1.82, 2.24) is 13.7 Å². The molecule has 7 nitrogen and oxygen atoms in total. The standard InChI is InChI=1S/C48H32NOP.C42H28NOP.C40H26NO2P/c50-51(40-18-8-3-9-19-40)45-23-13-11-21-43(45)47-46(51)29-28-42-41-20-10-12-22-44(41)49(48(42)47)39-26-24-35(25-27-39)38-31-36(33-14-4-1-5-15-33)30-37(32-38)34-16-6-2-7-17-34;44-45(34-16-5-2-6-17-34)39-21-10-8-19-37(39)41-40(45)27-26-36-35-18-7-9-20-38(35)43(42(36)41)33-24-22-30(23-25-33)32-15-11-14-31(28-32)29-12-3-1-4-13-29;42-44(30-13-5-2-6-14-30)37-18-10-8-16-33(37)39-38(44)26-23-32-31-15-7-9-17-34(31)41(40(32)39)29-21-19-28(20-22-29)36-25-24-35(43-36)27-11-3-1-4-12-27/h1-32H;1-28H;1-26H. The van der Waals surface area contributed by atoms with Crippen LogP contribution < -0.4 is 47.7 Å². The highest BCUT2D eigenvalue weighted by Gasteiger charge is 2.46. The zero-order valence-corrected chi connectivity index (χ0v) is 78.7. The van der Waals surface area contributed by atoms with Crippen LogP contribution in [-0.2, 0) is 13.7 Å². The molecule has 0 aliphatic carbocycles. The molecular formula is C130H86N3O4P3. The third-order valence-corrected chi connectivity index (χ3v) is 37.9. The molecule has 660 valence electrons. The smallest absolute Gasteiger partial charge is 0.172 e. The molecule has 7 heterocycles. The molecule has 3 aliphatic rings. The number of para-hydroxylation sites is 3. The summed E-state index contributed by atoms with van der Waals surface area (Å²) in [5.74, 6) is 1.68. The summed E-state index contributed by atoms with van der Waals surface area (Å²) >= 11 is 0. The van der Waals surface area contributed by atoms with Gasteiger partial charge in [0.05, 0.1) is 33.1 Å². The normalized spacial score (nSPS) is 15.2. The number of hydrogen-bond donors (Lipinski definition) is 0. The molecule has 0 fully saturated rings. The lowest BCUT2D eigenvalue weighted by molar-refractivity contribution is 0.592. The van der Waals surface area contributed by atoms with Gasteiger partial charge in [-0.2, -0.15) is 0 Å². The molecule has 0 saturated heterocycles. The van der Waals surface area contributed by atoms with E-state index in [2.05, 4.69) is 390 Å². The lowest BCUT2D eigenvalue weighted by atomic mass is 9.93. The predicted octanol–water partition coefficient (Wildman–Crippen LogP) is 30.5. The number of nitrogens with zero attached hydrogens (tertiary/aromatic N) is 3. The summed E-state index contributed by atoms with van der Waals surface area (Å²) in [6, 6.07) is 181. The molecule has 3 aliphatic heterocycles. The summed E-state index contributed by atoms with van der Waals surface area (Å²) in [6.45, 7) is 0. The van der Waals surface area contributed by atoms with Crippen LogP contribution in [0.3, 0.4) is 0 Å². The van der Waals surface area contributed by atoms with Crippen molar-refractivity contribution in [2.75, 3.05) is 0 Å². The van der Waals surface area contributed by atoms with Gasteiger partial charge in [0.1, 0.15) is 11.5 Å². The van der Waals surface area contributed by atoms with E-state index in [1.165, 1.54) is 71.6 Å². The van der Waals surface area contributed by atoms with Gasteiger partial charge in [-0.05, 0) is 194 Å². The third kappa shape index (κ3) is 13.5. The second-order valence-corrected chi connectivity index (χ2v) is 44.3. The average molecular weight is 1850 g/mol. The van der Waals surface area contributed by atoms with Crippen molar-refractivity contribution in [3.63, 3.8) is 0 Å². The van der Waals surface area contributed by atoms with Crippen LogP contribution >= 0.6 is 21.4 Å². The zero-order valence-electron chi connectivity index (χ0n) is 76.0. The van der Waals surface area contributed by atoms with E-state index in [0.717, 1.165) is 170 Å². The molecule has 21 aromatic carbocycles. The number of benzene rings is 21. The second-order valence-electron chi connectivity index (χ2n) is 36.2. The minimum atomic E-state index is -3.08. The molecule has 10 heteroatoms. The summed E-state index contributed by atoms with van der Waals surface area (Å²) in [5.41, 5.74) is 30.2. The van der Waals surface area contributed by atoms with E-state index in [0.29, 0.717) is 0 Å². The molecule has 4 aromatic heterocycles. The van der Waals surface area contributed by atoms with E-state index in [9.17, 15) is 0 Å². The average Bonchev–Trinajstić information content (AvgIpc) is 1.54. The Hall–Kier alpha value is -17.0. The van der Waals surface area contributed by atoms with Gasteiger partial charge < -0.3 is 31.8 Å². The van der Waals surface area contributed by atoms with Gasteiger partial charge in [-0.25, -0.2) is 0 Å². The van der Waals surface area contributed by atoms with Crippen LogP contribution in [0.1, 0.15) is 0 Å². The van der Waals surface area contributed by atoms with E-state index >= 15 is 13.7 Å². The van der Waals surface area contributed by atoms with Crippen LogP contribution in [0, 0.1) is 0 Å². The summed E-state index contributed by atoms with van der Waals surface area (Å²) in [7, 11) is -9.19. The predicted molar refractivity (Wildman–Crippen MR) is 588 cm³/mol. The van der Waals surface area contributed by atoms with Gasteiger partial charge in [-0.1, -0.05) is 400 Å². The van der Waals surface area contributed by atoms with Crippen LogP contribution in [0.4, 0.5) is 0 Å². The van der Waals surface area contributed by atoms with Crippen LogP contribution in [-0.4, -0.2) is 13.7 Å². The first-order valence-corrected chi connectivity index (χ1v) is 52.6. The van der Waals surface area contributed by atoms with E-state index in [4.69, 9.17) is 4.42 Å². The highest BCUT2D eigenvalue weighted by molar-refractivity contribution is 7.87. The lowest BCUT2D eigenvalue weighted by Crippen LogP contribution is -2.20. The van der Waals surface area contributed by atoms with Crippen LogP contribution in [0.15, 0.2) is 526 Å². The van der Waals surface area contributed by atoms with Gasteiger partial charge in [-0.3, -0.25) is 0 Å². The van der Waals surface area contributed by atoms with Gasteiger partial charge >= 0.3 is 0 Å². The van der Waals surface area contributed by atoms with Crippen molar-refractivity contribution in [2.24, 2.45) is 0 Å². The van der Waals surface area contributed by atoms with E-state index in [1.54, 1.807) is 0 Å². The number of hydrogen-bond acceptors (Lipinski definition) is 4. The Labute approximate surface area is 810 Å². The van der Waals surface area contributed by atoms with E-state index in [-0.39, 0.29) is 0 Å². The SMILES string of the molecule is O=P1(c2ccccc2)c2ccccc2-c2c1ccc1c3ccccc3n(-c3ccc(-c4cc(-c5ccccc5)cc(-c5ccccc5)c4)cc3)c21.O=P1(c2ccccc2)c2ccccc2-c2c1ccc1c3ccccc3n(-c3ccc(-c4ccc(-c5ccccc5)o4)cc3)c21.O=P1(c2ccccc2)c2ccccc2-c2c1ccc1c3ccccc3n(-c3ccc(-c4cccc(-c5ccccc5)c4)cc3)c21. The Kier molecular flexibility index (Phi) is 20.3. The molecule has 0 saturated carbocycles. The van der Waals surface area contributed by atoms with Crippen molar-refractivity contribution in [3.05, 3.63) is 522 Å². The molecule has 0 radical (unpaired) electrons. The monoisotopic (exact) mass is 1850 g/mol. The van der Waals surface area contributed by atoms with E-state index < -0.39 is 21.4 Å². The highest BCUT2D eigenvalue weighted by Crippen LogP contribution is 2.59. The Morgan fingerprint density at radius 2 is 0.400 bits per heavy atom. The number of fused-ring (bicyclic) bond motifs is 21. The maximum absolute atomic E-state index is 15.4. The number of furan rings is 1. The molecule has 0 N–H and O–H groups in total. The Bertz CT molecular complexity index is 9300. The van der Waals surface area contributed by atoms with Crippen molar-refractivity contribution in [1.29, 1.82) is 0 Å². The summed E-state index contributed by atoms with van der Waals surface area (Å²) in [4.78, 5) is 0. The van der Waals surface area contributed by atoms with Crippen LogP contribution in [0.2, 0.25) is 0 Å². The summed E-state index contributed by atoms with van der Waals surface area (Å²) in [6.07, 6.45) is 0. The fraction of sp³-hybridized carbons (Fsp3) is 0. The quantitative estimate of drug-likeness (QED) is 0.108. The Morgan fingerprint density at radius 3 is 0.729 bits per heavy atom. The Balaban J connectivity index is 0.000000108. The summed E-state index contributed by atoms with van der Waals surface area (Å²) < 4.78 is 59.3. The van der Waals surface area contributed by atoms with E-state index in [1.807, 2.05) is 146 Å². The molecular weight excluding hydrogens is 1760 g/mol. The molecule has 25 aromatic rings. The molecule has 140 heavy (non-hydrogen) atoms. The van der Waals surface area contributed by atoms with Crippen LogP contribution in [0.5, 0.6) is 0 Å². The van der Waals surface area contributed by atoms with Gasteiger partial charge in [0, 0.05) is 125 Å². The van der Waals surface area contributed by atoms with Gasteiger partial charge in [-0.15, -0.1) is 0 Å². The lowest BCUT2D eigenvalue weighted by Gasteiger charge is -2.16. The molecule has 0 spiro atoms. The maximum Gasteiger partial charge on any atom is 0.172 e. The second kappa shape index (κ2) is 34.1. The molecule has 0 bridgehead atoms. The van der Waals surface area contributed by atoms with Crippen molar-refractivity contribution < 1.29 is 18.1 Å². The zero-order chi connectivity index (χ0) is 93.2. The van der Waals surface area contributed by atoms with Gasteiger partial charge in [0.15, 0.2) is 21.4 Å². The molecule has 3 atom stereocenters. The van der Waals surface area contributed by atoms with Gasteiger partial charge in [0.2, 0.25) is 0 Å². The number of aromatic nitrogens is 3. The first-order chi connectivity index (χ1) is 69.1. The van der Waals surface area contributed by atoms with Crippen molar-refractivity contribution in [2.45, 2.75) is 0 Å². The topological polar surface area (TPSA) is 79.1 Å². The maximum atomic E-state index is 15.4. The molecule has 28 rings (SSSR count). The first kappa shape index (κ1) is 83.6. The first-order valence-electron chi connectivity index (χ1n) is 47.5. The highest BCUT2D eigenvalue weighted by atomic mass is 31.2. The third-order valence-electron chi connectivity index (χ3n) is 28.5. The Morgan fingerprint density at radius 1 is 0.164 bits per heavy atom.